The molecule has 0 spiro atoms. The zero-order valence-electron chi connectivity index (χ0n) is 20.8. The Labute approximate surface area is 214 Å². The number of benzene rings is 2. The highest BCUT2D eigenvalue weighted by molar-refractivity contribution is 6.01. The number of aromatic nitrogens is 3. The van der Waals surface area contributed by atoms with Gasteiger partial charge in [0.2, 0.25) is 5.91 Å². The number of nitrogens with one attached hydrogen (secondary N) is 2. The van der Waals surface area contributed by atoms with E-state index in [0.717, 1.165) is 35.0 Å². The van der Waals surface area contributed by atoms with Gasteiger partial charge in [-0.15, -0.1) is 0 Å². The van der Waals surface area contributed by atoms with E-state index < -0.39 is 11.9 Å². The molecule has 9 heteroatoms. The minimum absolute atomic E-state index is 0.176. The number of amides is 2. The SMILES string of the molecule is CN(C)C(=O)C(c1ccccc1F)N1CCCC(NC(=O)c2ccc3[nH]nc(-c4ccncc4)c3c2)C1. The molecule has 1 saturated heterocycles. The van der Waals surface area contributed by atoms with Crippen LogP contribution in [0.2, 0.25) is 0 Å². The van der Waals surface area contributed by atoms with E-state index in [2.05, 4.69) is 20.5 Å². The molecule has 8 nitrogen and oxygen atoms in total. The Morgan fingerprint density at radius 3 is 2.68 bits per heavy atom. The summed E-state index contributed by atoms with van der Waals surface area (Å²) in [4.78, 5) is 33.9. The van der Waals surface area contributed by atoms with Gasteiger partial charge in [0.05, 0.1) is 5.52 Å². The van der Waals surface area contributed by atoms with Gasteiger partial charge in [0.1, 0.15) is 17.6 Å². The normalized spacial score (nSPS) is 16.9. The smallest absolute Gasteiger partial charge is 0.251 e. The first-order valence-corrected chi connectivity index (χ1v) is 12.3. The van der Waals surface area contributed by atoms with Crippen molar-refractivity contribution in [2.75, 3.05) is 27.2 Å². The maximum absolute atomic E-state index is 14.7. The minimum Gasteiger partial charge on any atom is -0.348 e. The fourth-order valence-electron chi connectivity index (χ4n) is 4.94. The van der Waals surface area contributed by atoms with E-state index in [-0.39, 0.29) is 17.9 Å². The molecule has 1 aliphatic heterocycles. The Morgan fingerprint density at radius 2 is 1.92 bits per heavy atom. The molecule has 2 atom stereocenters. The third kappa shape index (κ3) is 5.08. The van der Waals surface area contributed by atoms with E-state index in [1.165, 1.54) is 11.0 Å². The average molecular weight is 501 g/mol. The van der Waals surface area contributed by atoms with Crippen LogP contribution < -0.4 is 5.32 Å². The number of fused-ring (bicyclic) bond motifs is 1. The summed E-state index contributed by atoms with van der Waals surface area (Å²) in [6.45, 7) is 1.09. The fraction of sp³-hybridized carbons (Fsp3) is 0.286. The highest BCUT2D eigenvalue weighted by Gasteiger charge is 2.34. The first-order valence-electron chi connectivity index (χ1n) is 12.3. The van der Waals surface area contributed by atoms with E-state index in [4.69, 9.17) is 0 Å². The molecular formula is C28H29FN6O2. The third-order valence-electron chi connectivity index (χ3n) is 6.81. The highest BCUT2D eigenvalue weighted by Crippen LogP contribution is 2.29. The second kappa shape index (κ2) is 10.5. The maximum atomic E-state index is 14.7. The monoisotopic (exact) mass is 500 g/mol. The van der Waals surface area contributed by atoms with Gasteiger partial charge in [0.25, 0.3) is 5.91 Å². The number of halogens is 1. The second-order valence-electron chi connectivity index (χ2n) is 9.53. The molecule has 0 bridgehead atoms. The van der Waals surface area contributed by atoms with Gasteiger partial charge in [-0.3, -0.25) is 24.6 Å². The lowest BCUT2D eigenvalue weighted by Crippen LogP contribution is -2.51. The quantitative estimate of drug-likeness (QED) is 0.420. The third-order valence-corrected chi connectivity index (χ3v) is 6.81. The van der Waals surface area contributed by atoms with Gasteiger partial charge >= 0.3 is 0 Å². The molecule has 0 saturated carbocycles. The summed E-state index contributed by atoms with van der Waals surface area (Å²) in [7, 11) is 3.34. The molecule has 2 aromatic heterocycles. The van der Waals surface area contributed by atoms with Crippen LogP contribution in [0, 0.1) is 5.82 Å². The van der Waals surface area contributed by atoms with E-state index in [1.54, 1.807) is 50.8 Å². The molecule has 2 N–H and O–H groups in total. The van der Waals surface area contributed by atoms with Crippen LogP contribution in [-0.2, 0) is 4.79 Å². The van der Waals surface area contributed by atoms with Crippen LogP contribution in [0.15, 0.2) is 67.0 Å². The van der Waals surface area contributed by atoms with Crippen LogP contribution >= 0.6 is 0 Å². The number of likely N-dealkylation sites (tertiary alicyclic amines) is 1. The number of carbonyl (C=O) groups excluding carboxylic acids is 2. The largest absolute Gasteiger partial charge is 0.348 e. The van der Waals surface area contributed by atoms with Crippen molar-refractivity contribution in [3.8, 4) is 11.3 Å². The summed E-state index contributed by atoms with van der Waals surface area (Å²) in [6, 6.07) is 14.7. The Kier molecular flexibility index (Phi) is 6.96. The van der Waals surface area contributed by atoms with Crippen molar-refractivity contribution in [3.05, 3.63) is 83.9 Å². The summed E-state index contributed by atoms with van der Waals surface area (Å²) in [6.07, 6.45) is 4.97. The molecule has 1 aliphatic rings. The molecule has 3 heterocycles. The Bertz CT molecular complexity index is 1420. The summed E-state index contributed by atoms with van der Waals surface area (Å²) >= 11 is 0. The van der Waals surface area contributed by atoms with Crippen molar-refractivity contribution in [1.82, 2.24) is 30.3 Å². The zero-order valence-corrected chi connectivity index (χ0v) is 20.8. The highest BCUT2D eigenvalue weighted by atomic mass is 19.1. The zero-order chi connectivity index (χ0) is 25.9. The molecule has 1 fully saturated rings. The van der Waals surface area contributed by atoms with Crippen LogP contribution in [0.3, 0.4) is 0 Å². The first-order chi connectivity index (χ1) is 17.9. The summed E-state index contributed by atoms with van der Waals surface area (Å²) < 4.78 is 14.7. The molecule has 0 aliphatic carbocycles. The number of likely N-dealkylation sites (N-methyl/N-ethyl adjacent to an activating group) is 1. The topological polar surface area (TPSA) is 94.2 Å². The van der Waals surface area contributed by atoms with Gasteiger partial charge in [-0.1, -0.05) is 18.2 Å². The summed E-state index contributed by atoms with van der Waals surface area (Å²) in [5.74, 6) is -0.796. The predicted molar refractivity (Wildman–Crippen MR) is 139 cm³/mol. The van der Waals surface area contributed by atoms with Crippen molar-refractivity contribution >= 4 is 22.7 Å². The van der Waals surface area contributed by atoms with Crippen LogP contribution in [-0.4, -0.2) is 70.0 Å². The van der Waals surface area contributed by atoms with Gasteiger partial charge in [-0.25, -0.2) is 4.39 Å². The van der Waals surface area contributed by atoms with E-state index in [0.29, 0.717) is 24.2 Å². The lowest BCUT2D eigenvalue weighted by atomic mass is 9.97. The number of carbonyl (C=O) groups is 2. The Morgan fingerprint density at radius 1 is 1.14 bits per heavy atom. The van der Waals surface area contributed by atoms with E-state index in [9.17, 15) is 14.0 Å². The number of piperidine rings is 1. The van der Waals surface area contributed by atoms with Crippen LogP contribution in [0.5, 0.6) is 0 Å². The Balaban J connectivity index is 1.36. The lowest BCUT2D eigenvalue weighted by Gasteiger charge is -2.39. The molecule has 37 heavy (non-hydrogen) atoms. The number of hydrogen-bond acceptors (Lipinski definition) is 5. The first kappa shape index (κ1) is 24.6. The van der Waals surface area contributed by atoms with Crippen LogP contribution in [0.1, 0.15) is 34.8 Å². The molecule has 190 valence electrons. The number of rotatable bonds is 6. The molecule has 0 radical (unpaired) electrons. The van der Waals surface area contributed by atoms with E-state index >= 15 is 0 Å². The van der Waals surface area contributed by atoms with Crippen LogP contribution in [0.4, 0.5) is 4.39 Å². The van der Waals surface area contributed by atoms with Gasteiger partial charge in [-0.2, -0.15) is 5.10 Å². The van der Waals surface area contributed by atoms with Crippen molar-refractivity contribution in [2.24, 2.45) is 0 Å². The van der Waals surface area contributed by atoms with Crippen molar-refractivity contribution in [2.45, 2.75) is 24.9 Å². The lowest BCUT2D eigenvalue weighted by molar-refractivity contribution is -0.135. The number of H-pyrrole nitrogens is 1. The van der Waals surface area contributed by atoms with Crippen molar-refractivity contribution in [1.29, 1.82) is 0 Å². The number of nitrogens with zero attached hydrogens (tertiary/aromatic N) is 4. The van der Waals surface area contributed by atoms with Crippen molar-refractivity contribution < 1.29 is 14.0 Å². The molecule has 2 amide bonds. The van der Waals surface area contributed by atoms with Gasteiger partial charge < -0.3 is 10.2 Å². The van der Waals surface area contributed by atoms with Crippen LogP contribution in [0.25, 0.3) is 22.2 Å². The predicted octanol–water partition coefficient (Wildman–Crippen LogP) is 3.79. The molecular weight excluding hydrogens is 471 g/mol. The molecule has 2 unspecified atom stereocenters. The molecule has 4 aromatic rings. The Hall–Kier alpha value is -4.11. The summed E-state index contributed by atoms with van der Waals surface area (Å²) in [5, 5.41) is 11.4. The molecule has 5 rings (SSSR count). The van der Waals surface area contributed by atoms with Crippen molar-refractivity contribution in [3.63, 3.8) is 0 Å². The standard InChI is InChI=1S/C28H29FN6O2/c1-34(2)28(37)26(21-7-3-4-8-23(21)29)35-15-5-6-20(17-35)31-27(36)19-9-10-24-22(16-19)25(33-32-24)18-11-13-30-14-12-18/h3-4,7-14,16,20,26H,5-6,15,17H2,1-2H3,(H,31,36)(H,32,33). The van der Waals surface area contributed by atoms with Gasteiger partial charge in [0.15, 0.2) is 0 Å². The average Bonchev–Trinajstić information content (AvgIpc) is 3.34. The summed E-state index contributed by atoms with van der Waals surface area (Å²) in [5.41, 5.74) is 3.37. The minimum atomic E-state index is -0.749. The maximum Gasteiger partial charge on any atom is 0.251 e. The second-order valence-corrected chi connectivity index (χ2v) is 9.53. The number of pyridine rings is 1. The number of hydrogen-bond donors (Lipinski definition) is 2. The fourth-order valence-corrected chi connectivity index (χ4v) is 4.94. The molecule has 2 aromatic carbocycles. The van der Waals surface area contributed by atoms with E-state index in [1.807, 2.05) is 29.2 Å². The number of aromatic amines is 1. The van der Waals surface area contributed by atoms with Gasteiger partial charge in [-0.05, 0) is 55.8 Å². The van der Waals surface area contributed by atoms with Gasteiger partial charge in [0, 0.05) is 61.2 Å².